The highest BCUT2D eigenvalue weighted by atomic mass is 35.5. The van der Waals surface area contributed by atoms with E-state index in [0.717, 1.165) is 31.9 Å². The molecular weight excluding hydrogens is 266 g/mol. The molecule has 0 amide bonds. The van der Waals surface area contributed by atoms with Gasteiger partial charge in [-0.3, -0.25) is 0 Å². The van der Waals surface area contributed by atoms with E-state index in [1.165, 1.54) is 0 Å². The van der Waals surface area contributed by atoms with Gasteiger partial charge in [-0.1, -0.05) is 18.5 Å². The van der Waals surface area contributed by atoms with E-state index < -0.39 is 0 Å². The summed E-state index contributed by atoms with van der Waals surface area (Å²) in [7, 11) is 0. The summed E-state index contributed by atoms with van der Waals surface area (Å²) in [5.74, 6) is 1.49. The Hall–Kier alpha value is -0.910. The van der Waals surface area contributed by atoms with Gasteiger partial charge in [0.05, 0.1) is 12.7 Å². The fraction of sp³-hybridized carbons (Fsp3) is 0.692. The van der Waals surface area contributed by atoms with Crippen molar-refractivity contribution in [1.82, 2.24) is 9.97 Å². The number of nitrogens with zero attached hydrogens (tertiary/aromatic N) is 3. The van der Waals surface area contributed by atoms with Crippen molar-refractivity contribution in [3.05, 3.63) is 17.0 Å². The van der Waals surface area contributed by atoms with Crippen molar-refractivity contribution < 1.29 is 9.47 Å². The molecule has 0 spiro atoms. The molecular formula is C13H20ClN3O2. The van der Waals surface area contributed by atoms with Gasteiger partial charge in [-0.25, -0.2) is 9.97 Å². The van der Waals surface area contributed by atoms with Crippen LogP contribution >= 0.6 is 11.6 Å². The standard InChI is InChI=1S/C13H20ClN3O2/c1-3-10-8-17(5-6-19-10)13-7-11(14)15-12(16-13)9-18-4-2/h7,10H,3-6,8-9H2,1-2H3. The van der Waals surface area contributed by atoms with Crippen molar-refractivity contribution in [3.63, 3.8) is 0 Å². The highest BCUT2D eigenvalue weighted by Crippen LogP contribution is 2.20. The van der Waals surface area contributed by atoms with Crippen LogP contribution in [0.25, 0.3) is 0 Å². The van der Waals surface area contributed by atoms with Gasteiger partial charge in [0.2, 0.25) is 0 Å². The maximum Gasteiger partial charge on any atom is 0.158 e. The van der Waals surface area contributed by atoms with Crippen LogP contribution in [0.4, 0.5) is 5.82 Å². The number of anilines is 1. The summed E-state index contributed by atoms with van der Waals surface area (Å²) in [6.07, 6.45) is 1.26. The zero-order chi connectivity index (χ0) is 13.7. The van der Waals surface area contributed by atoms with Gasteiger partial charge in [-0.05, 0) is 13.3 Å². The Bertz CT molecular complexity index is 417. The van der Waals surface area contributed by atoms with E-state index in [4.69, 9.17) is 21.1 Å². The van der Waals surface area contributed by atoms with Crippen molar-refractivity contribution in [2.45, 2.75) is 33.0 Å². The molecule has 1 saturated heterocycles. The fourth-order valence-corrected chi connectivity index (χ4v) is 2.24. The van der Waals surface area contributed by atoms with Gasteiger partial charge in [0.15, 0.2) is 5.82 Å². The van der Waals surface area contributed by atoms with E-state index in [-0.39, 0.29) is 6.10 Å². The summed E-state index contributed by atoms with van der Waals surface area (Å²) < 4.78 is 11.0. The topological polar surface area (TPSA) is 47.5 Å². The Kier molecular flexibility index (Phi) is 5.36. The van der Waals surface area contributed by atoms with Gasteiger partial charge >= 0.3 is 0 Å². The van der Waals surface area contributed by atoms with E-state index in [0.29, 0.717) is 24.2 Å². The molecule has 0 aromatic carbocycles. The van der Waals surface area contributed by atoms with Crippen LogP contribution in [-0.4, -0.2) is 42.4 Å². The van der Waals surface area contributed by atoms with Gasteiger partial charge in [-0.2, -0.15) is 0 Å². The number of hydrogen-bond donors (Lipinski definition) is 0. The molecule has 1 aromatic heterocycles. The number of ether oxygens (including phenoxy) is 2. The smallest absolute Gasteiger partial charge is 0.158 e. The van der Waals surface area contributed by atoms with Crippen LogP contribution in [0.15, 0.2) is 6.07 Å². The molecule has 2 heterocycles. The highest BCUT2D eigenvalue weighted by Gasteiger charge is 2.21. The third-order valence-electron chi connectivity index (χ3n) is 3.08. The maximum atomic E-state index is 6.05. The Balaban J connectivity index is 2.11. The normalized spacial score (nSPS) is 19.7. The van der Waals surface area contributed by atoms with Gasteiger partial charge in [0, 0.05) is 25.8 Å². The number of morpholine rings is 1. The summed E-state index contributed by atoms with van der Waals surface area (Å²) in [5.41, 5.74) is 0. The summed E-state index contributed by atoms with van der Waals surface area (Å²) in [6, 6.07) is 1.80. The number of aromatic nitrogens is 2. The highest BCUT2D eigenvalue weighted by molar-refractivity contribution is 6.29. The van der Waals surface area contributed by atoms with Gasteiger partial charge in [-0.15, -0.1) is 0 Å². The van der Waals surface area contributed by atoms with Gasteiger partial charge in [0.1, 0.15) is 17.6 Å². The lowest BCUT2D eigenvalue weighted by molar-refractivity contribution is 0.0381. The first-order valence-corrected chi connectivity index (χ1v) is 7.08. The Morgan fingerprint density at radius 3 is 3.05 bits per heavy atom. The molecule has 1 aliphatic heterocycles. The summed E-state index contributed by atoms with van der Waals surface area (Å²) in [4.78, 5) is 10.9. The molecule has 106 valence electrons. The molecule has 1 fully saturated rings. The molecule has 1 unspecified atom stereocenters. The van der Waals surface area contributed by atoms with Crippen LogP contribution in [0.1, 0.15) is 26.1 Å². The second-order valence-corrected chi connectivity index (χ2v) is 4.84. The minimum atomic E-state index is 0.262. The molecule has 1 aliphatic rings. The third-order valence-corrected chi connectivity index (χ3v) is 3.27. The maximum absolute atomic E-state index is 6.05. The Morgan fingerprint density at radius 1 is 1.47 bits per heavy atom. The lowest BCUT2D eigenvalue weighted by atomic mass is 10.2. The van der Waals surface area contributed by atoms with Crippen LogP contribution in [0.3, 0.4) is 0 Å². The summed E-state index contributed by atoms with van der Waals surface area (Å²) >= 11 is 6.05. The second-order valence-electron chi connectivity index (χ2n) is 4.45. The summed E-state index contributed by atoms with van der Waals surface area (Å²) in [5, 5.41) is 0.458. The number of rotatable bonds is 5. The lowest BCUT2D eigenvalue weighted by Gasteiger charge is -2.33. The number of hydrogen-bond acceptors (Lipinski definition) is 5. The minimum Gasteiger partial charge on any atom is -0.375 e. The van der Waals surface area contributed by atoms with Crippen molar-refractivity contribution in [2.24, 2.45) is 0 Å². The molecule has 6 heteroatoms. The minimum absolute atomic E-state index is 0.262. The predicted molar refractivity (Wildman–Crippen MR) is 74.6 cm³/mol. The molecule has 0 radical (unpaired) electrons. The van der Waals surface area contributed by atoms with Crippen LogP contribution in [0, 0.1) is 0 Å². The van der Waals surface area contributed by atoms with Crippen LogP contribution in [0.2, 0.25) is 5.15 Å². The monoisotopic (exact) mass is 285 g/mol. The van der Waals surface area contributed by atoms with E-state index in [2.05, 4.69) is 21.8 Å². The zero-order valence-electron chi connectivity index (χ0n) is 11.4. The SMILES string of the molecule is CCOCc1nc(Cl)cc(N2CCOC(CC)C2)n1. The first-order chi connectivity index (χ1) is 9.22. The van der Waals surface area contributed by atoms with Gasteiger partial charge in [0.25, 0.3) is 0 Å². The van der Waals surface area contributed by atoms with E-state index in [1.807, 2.05) is 6.92 Å². The van der Waals surface area contributed by atoms with E-state index in [9.17, 15) is 0 Å². The molecule has 1 aromatic rings. The average molecular weight is 286 g/mol. The van der Waals surface area contributed by atoms with Gasteiger partial charge < -0.3 is 14.4 Å². The van der Waals surface area contributed by atoms with Crippen LogP contribution in [0.5, 0.6) is 0 Å². The lowest BCUT2D eigenvalue weighted by Crippen LogP contribution is -2.42. The van der Waals surface area contributed by atoms with Crippen molar-refractivity contribution in [3.8, 4) is 0 Å². The first kappa shape index (κ1) is 14.5. The Morgan fingerprint density at radius 2 is 2.32 bits per heavy atom. The summed E-state index contributed by atoms with van der Waals surface area (Å²) in [6.45, 7) is 7.50. The zero-order valence-corrected chi connectivity index (χ0v) is 12.2. The van der Waals surface area contributed by atoms with Crippen LogP contribution < -0.4 is 4.90 Å². The van der Waals surface area contributed by atoms with E-state index >= 15 is 0 Å². The quantitative estimate of drug-likeness (QED) is 0.777. The number of halogens is 1. The predicted octanol–water partition coefficient (Wildman–Crippen LogP) is 2.28. The van der Waals surface area contributed by atoms with E-state index in [1.54, 1.807) is 6.07 Å². The third kappa shape index (κ3) is 4.03. The largest absolute Gasteiger partial charge is 0.375 e. The van der Waals surface area contributed by atoms with Crippen molar-refractivity contribution in [2.75, 3.05) is 31.2 Å². The first-order valence-electron chi connectivity index (χ1n) is 6.70. The fourth-order valence-electron chi connectivity index (χ4n) is 2.05. The molecule has 19 heavy (non-hydrogen) atoms. The second kappa shape index (κ2) is 7.03. The molecule has 0 N–H and O–H groups in total. The molecule has 5 nitrogen and oxygen atoms in total. The van der Waals surface area contributed by atoms with Crippen molar-refractivity contribution >= 4 is 17.4 Å². The molecule has 0 bridgehead atoms. The van der Waals surface area contributed by atoms with Crippen LogP contribution in [-0.2, 0) is 16.1 Å². The van der Waals surface area contributed by atoms with Crippen molar-refractivity contribution in [1.29, 1.82) is 0 Å². The molecule has 0 aliphatic carbocycles. The average Bonchev–Trinajstić information content (AvgIpc) is 2.44. The molecule has 1 atom stereocenters. The molecule has 2 rings (SSSR count). The molecule has 0 saturated carbocycles. The Labute approximate surface area is 118 Å².